The number of allylic oxidation sites excluding steroid dienone is 1. The number of aromatic nitrogens is 1. The van der Waals surface area contributed by atoms with Crippen LogP contribution < -0.4 is 0 Å². The fourth-order valence-electron chi connectivity index (χ4n) is 1.96. The van der Waals surface area contributed by atoms with Crippen molar-refractivity contribution in [3.05, 3.63) is 40.7 Å². The van der Waals surface area contributed by atoms with Crippen molar-refractivity contribution in [1.29, 1.82) is 0 Å². The third-order valence-electron chi connectivity index (χ3n) is 3.20. The average molecular weight is 314 g/mol. The van der Waals surface area contributed by atoms with Gasteiger partial charge in [0.05, 0.1) is 7.11 Å². The average Bonchev–Trinajstić information content (AvgIpc) is 2.51. The van der Waals surface area contributed by atoms with E-state index in [1.807, 2.05) is 0 Å². The Labute approximate surface area is 129 Å². The molecule has 0 saturated carbocycles. The van der Waals surface area contributed by atoms with Gasteiger partial charge in [-0.25, -0.2) is 4.79 Å². The second kappa shape index (κ2) is 8.12. The summed E-state index contributed by atoms with van der Waals surface area (Å²) >= 11 is 5.99. The number of carbonyl (C=O) groups is 1. The number of hydrogen-bond acceptors (Lipinski definition) is 5. The van der Waals surface area contributed by atoms with Crippen molar-refractivity contribution in [3.63, 3.8) is 0 Å². The molecule has 0 amide bonds. The minimum atomic E-state index is -1.00. The highest BCUT2D eigenvalue weighted by Gasteiger charge is 2.33. The van der Waals surface area contributed by atoms with Gasteiger partial charge in [-0.3, -0.25) is 4.98 Å². The van der Waals surface area contributed by atoms with Crippen LogP contribution in [0, 0.1) is 0 Å². The molecular weight excluding hydrogens is 294 g/mol. The van der Waals surface area contributed by atoms with Crippen LogP contribution in [0.3, 0.4) is 0 Å². The van der Waals surface area contributed by atoms with Gasteiger partial charge >= 0.3 is 5.97 Å². The van der Waals surface area contributed by atoms with E-state index in [1.54, 1.807) is 45.5 Å². The maximum atomic E-state index is 11.3. The van der Waals surface area contributed by atoms with Gasteiger partial charge in [0.15, 0.2) is 0 Å². The number of esters is 1. The topological polar surface area (TPSA) is 57.7 Å². The van der Waals surface area contributed by atoms with Crippen LogP contribution in [-0.4, -0.2) is 32.3 Å². The summed E-state index contributed by atoms with van der Waals surface area (Å²) < 4.78 is 15.7. The second-order valence-corrected chi connectivity index (χ2v) is 4.87. The molecule has 0 unspecified atom stereocenters. The first-order valence-corrected chi connectivity index (χ1v) is 6.84. The Morgan fingerprint density at radius 3 is 2.57 bits per heavy atom. The van der Waals surface area contributed by atoms with E-state index in [9.17, 15) is 4.79 Å². The molecule has 0 N–H and O–H groups in total. The molecule has 0 radical (unpaired) electrons. The Balaban J connectivity index is 2.90. The van der Waals surface area contributed by atoms with E-state index in [2.05, 4.69) is 9.72 Å². The maximum absolute atomic E-state index is 11.3. The molecule has 1 heterocycles. The lowest BCUT2D eigenvalue weighted by atomic mass is 10.0. The van der Waals surface area contributed by atoms with E-state index in [-0.39, 0.29) is 5.97 Å². The largest absolute Gasteiger partial charge is 0.466 e. The summed E-state index contributed by atoms with van der Waals surface area (Å²) in [5.41, 5.74) is 1.13. The van der Waals surface area contributed by atoms with E-state index in [1.165, 1.54) is 7.11 Å². The molecule has 0 atom stereocenters. The number of halogens is 1. The van der Waals surface area contributed by atoms with Crippen molar-refractivity contribution in [3.8, 4) is 0 Å². The summed E-state index contributed by atoms with van der Waals surface area (Å²) in [6.07, 6.45) is 4.43. The Bertz CT molecular complexity index is 512. The lowest BCUT2D eigenvalue weighted by Gasteiger charge is -2.30. The van der Waals surface area contributed by atoms with Crippen molar-refractivity contribution in [2.45, 2.75) is 25.6 Å². The summed E-state index contributed by atoms with van der Waals surface area (Å²) in [4.78, 5) is 15.6. The van der Waals surface area contributed by atoms with Crippen LogP contribution in [-0.2, 0) is 24.8 Å². The van der Waals surface area contributed by atoms with Crippen LogP contribution in [0.5, 0.6) is 0 Å². The number of ether oxygens (including phenoxy) is 3. The van der Waals surface area contributed by atoms with Crippen molar-refractivity contribution < 1.29 is 19.0 Å². The predicted octanol–water partition coefficient (Wildman–Crippen LogP) is 3.08. The van der Waals surface area contributed by atoms with Gasteiger partial charge in [0.1, 0.15) is 5.69 Å². The predicted molar refractivity (Wildman–Crippen MR) is 80.0 cm³/mol. The van der Waals surface area contributed by atoms with Crippen LogP contribution in [0.25, 0.3) is 0 Å². The van der Waals surface area contributed by atoms with Gasteiger partial charge in [-0.15, -0.1) is 0 Å². The van der Waals surface area contributed by atoms with Gasteiger partial charge in [-0.05, 0) is 25.5 Å². The fraction of sp³-hybridized carbons (Fsp3) is 0.467. The van der Waals surface area contributed by atoms with E-state index in [0.29, 0.717) is 29.1 Å². The summed E-state index contributed by atoms with van der Waals surface area (Å²) in [6.45, 7) is 1.70. The monoisotopic (exact) mass is 313 g/mol. The molecule has 21 heavy (non-hydrogen) atoms. The highest BCUT2D eigenvalue weighted by molar-refractivity contribution is 6.30. The minimum Gasteiger partial charge on any atom is -0.466 e. The van der Waals surface area contributed by atoms with Gasteiger partial charge < -0.3 is 14.2 Å². The number of rotatable bonds is 7. The van der Waals surface area contributed by atoms with Gasteiger partial charge in [0, 0.05) is 37.4 Å². The molecule has 0 saturated heterocycles. The molecule has 0 spiro atoms. The third kappa shape index (κ3) is 4.52. The van der Waals surface area contributed by atoms with Gasteiger partial charge in [-0.2, -0.15) is 0 Å². The highest BCUT2D eigenvalue weighted by atomic mass is 35.5. The molecule has 6 heteroatoms. The normalized spacial score (nSPS) is 12.3. The molecule has 0 fully saturated rings. The van der Waals surface area contributed by atoms with Crippen LogP contribution in [0.15, 0.2) is 30.0 Å². The molecule has 0 aromatic carbocycles. The Hall–Kier alpha value is -1.43. The van der Waals surface area contributed by atoms with E-state index in [0.717, 1.165) is 0 Å². The SMILES string of the molecule is COC(=O)/C(C)=C/CCC(OC)(OC)c1cc(Cl)ccn1. The first kappa shape index (κ1) is 17.6. The first-order valence-electron chi connectivity index (χ1n) is 6.46. The molecule has 0 bridgehead atoms. The number of pyridine rings is 1. The van der Waals surface area contributed by atoms with E-state index in [4.69, 9.17) is 21.1 Å². The fourth-order valence-corrected chi connectivity index (χ4v) is 2.12. The van der Waals surface area contributed by atoms with Gasteiger partial charge in [-0.1, -0.05) is 17.7 Å². The van der Waals surface area contributed by atoms with Crippen LogP contribution in [0.1, 0.15) is 25.5 Å². The van der Waals surface area contributed by atoms with E-state index >= 15 is 0 Å². The third-order valence-corrected chi connectivity index (χ3v) is 3.44. The lowest BCUT2D eigenvalue weighted by Crippen LogP contribution is -2.31. The molecule has 0 aliphatic rings. The maximum Gasteiger partial charge on any atom is 0.333 e. The standard InChI is InChI=1S/C15H20ClNO4/c1-11(14(18)19-2)6-5-8-15(20-3,21-4)13-10-12(16)7-9-17-13/h6-7,9-10H,5,8H2,1-4H3/b11-6+. The number of hydrogen-bond donors (Lipinski definition) is 0. The summed E-state index contributed by atoms with van der Waals surface area (Å²) in [5.74, 6) is -1.35. The quantitative estimate of drug-likeness (QED) is 0.440. The highest BCUT2D eigenvalue weighted by Crippen LogP contribution is 2.31. The zero-order chi connectivity index (χ0) is 15.9. The summed E-state index contributed by atoms with van der Waals surface area (Å²) in [5, 5.41) is 0.555. The molecule has 1 aromatic rings. The zero-order valence-corrected chi connectivity index (χ0v) is 13.4. The van der Waals surface area contributed by atoms with Crippen LogP contribution in [0.4, 0.5) is 0 Å². The molecular formula is C15H20ClNO4. The van der Waals surface area contributed by atoms with Crippen LogP contribution >= 0.6 is 11.6 Å². The number of nitrogens with zero attached hydrogens (tertiary/aromatic N) is 1. The smallest absolute Gasteiger partial charge is 0.333 e. The van der Waals surface area contributed by atoms with Crippen molar-refractivity contribution >= 4 is 17.6 Å². The molecule has 0 aliphatic carbocycles. The Kier molecular flexibility index (Phi) is 6.81. The first-order chi connectivity index (χ1) is 9.99. The lowest BCUT2D eigenvalue weighted by molar-refractivity contribution is -0.222. The van der Waals surface area contributed by atoms with Crippen molar-refractivity contribution in [1.82, 2.24) is 4.98 Å². The van der Waals surface area contributed by atoms with Crippen molar-refractivity contribution in [2.75, 3.05) is 21.3 Å². The van der Waals surface area contributed by atoms with Gasteiger partial charge in [0.25, 0.3) is 0 Å². The molecule has 5 nitrogen and oxygen atoms in total. The molecule has 1 aromatic heterocycles. The zero-order valence-electron chi connectivity index (χ0n) is 12.7. The molecule has 0 aliphatic heterocycles. The van der Waals surface area contributed by atoms with Crippen molar-refractivity contribution in [2.24, 2.45) is 0 Å². The van der Waals surface area contributed by atoms with Gasteiger partial charge in [0.2, 0.25) is 5.79 Å². The Morgan fingerprint density at radius 1 is 1.38 bits per heavy atom. The summed E-state index contributed by atoms with van der Waals surface area (Å²) in [6, 6.07) is 3.38. The minimum absolute atomic E-state index is 0.351. The van der Waals surface area contributed by atoms with E-state index < -0.39 is 5.79 Å². The number of methoxy groups -OCH3 is 3. The Morgan fingerprint density at radius 2 is 2.05 bits per heavy atom. The van der Waals surface area contributed by atoms with Crippen LogP contribution in [0.2, 0.25) is 5.02 Å². The molecule has 1 rings (SSSR count). The number of carbonyl (C=O) groups excluding carboxylic acids is 1. The second-order valence-electron chi connectivity index (χ2n) is 4.44. The molecule has 116 valence electrons. The summed E-state index contributed by atoms with van der Waals surface area (Å²) in [7, 11) is 4.44.